The molecule has 2 nitrogen and oxygen atoms in total. The monoisotopic (exact) mass is 203 g/mol. The van der Waals surface area contributed by atoms with Gasteiger partial charge in [-0.1, -0.05) is 27.2 Å². The van der Waals surface area contributed by atoms with E-state index in [-0.39, 0.29) is 0 Å². The van der Waals surface area contributed by atoms with Crippen LogP contribution in [0.5, 0.6) is 0 Å². The second kappa shape index (κ2) is 11.0. The fourth-order valence-corrected chi connectivity index (χ4v) is 1.58. The summed E-state index contributed by atoms with van der Waals surface area (Å²) in [6, 6.07) is 0.565. The molecule has 0 fully saturated rings. The molecule has 0 aliphatic rings. The molecule has 2 atom stereocenters. The number of hydrogen-bond acceptors (Lipinski definition) is 2. The summed E-state index contributed by atoms with van der Waals surface area (Å²) >= 11 is 0. The molecule has 0 radical (unpaired) electrons. The van der Waals surface area contributed by atoms with Crippen LogP contribution in [0.4, 0.5) is 0 Å². The molecule has 0 saturated carbocycles. The number of hydrogen-bond donors (Lipinski definition) is 0. The third-order valence-electron chi connectivity index (χ3n) is 2.22. The molecule has 0 aromatic carbocycles. The Kier molecular flexibility index (Phi) is 12.8. The summed E-state index contributed by atoms with van der Waals surface area (Å²) in [5.74, 6) is 0. The van der Waals surface area contributed by atoms with Gasteiger partial charge in [-0.15, -0.1) is 0 Å². The van der Waals surface area contributed by atoms with E-state index in [1.807, 2.05) is 13.8 Å². The zero-order chi connectivity index (χ0) is 11.6. The van der Waals surface area contributed by atoms with Crippen LogP contribution in [0.1, 0.15) is 47.5 Å². The average molecular weight is 203 g/mol. The number of ether oxygens (including phenoxy) is 1. The summed E-state index contributed by atoms with van der Waals surface area (Å²) in [6.45, 7) is 11.2. The Labute approximate surface area is 90.6 Å². The van der Waals surface area contributed by atoms with E-state index in [0.29, 0.717) is 12.1 Å². The first-order valence-electron chi connectivity index (χ1n) is 5.91. The summed E-state index contributed by atoms with van der Waals surface area (Å²) in [5, 5.41) is 0. The third kappa shape index (κ3) is 7.34. The molecule has 88 valence electrons. The summed E-state index contributed by atoms with van der Waals surface area (Å²) < 4.78 is 5.58. The normalized spacial score (nSPS) is 14.6. The van der Waals surface area contributed by atoms with Gasteiger partial charge in [-0.05, 0) is 34.4 Å². The Hall–Kier alpha value is -0.0800. The highest BCUT2D eigenvalue weighted by Crippen LogP contribution is 2.10. The van der Waals surface area contributed by atoms with E-state index >= 15 is 0 Å². The van der Waals surface area contributed by atoms with Gasteiger partial charge in [0.05, 0.1) is 6.10 Å². The Morgan fingerprint density at radius 1 is 1.14 bits per heavy atom. The van der Waals surface area contributed by atoms with Crippen molar-refractivity contribution in [3.63, 3.8) is 0 Å². The molecule has 0 aromatic heterocycles. The summed E-state index contributed by atoms with van der Waals surface area (Å²) in [5.41, 5.74) is 0. The lowest BCUT2D eigenvalue weighted by molar-refractivity contribution is 0.0141. The Morgan fingerprint density at radius 3 is 1.93 bits per heavy atom. The molecule has 0 N–H and O–H groups in total. The van der Waals surface area contributed by atoms with Crippen molar-refractivity contribution in [3.05, 3.63) is 0 Å². The molecular formula is C12H29NO. The van der Waals surface area contributed by atoms with Gasteiger partial charge in [0.1, 0.15) is 0 Å². The van der Waals surface area contributed by atoms with Crippen molar-refractivity contribution in [1.29, 1.82) is 0 Å². The van der Waals surface area contributed by atoms with Gasteiger partial charge in [-0.3, -0.25) is 0 Å². The van der Waals surface area contributed by atoms with Gasteiger partial charge in [0.15, 0.2) is 0 Å². The molecule has 2 unspecified atom stereocenters. The van der Waals surface area contributed by atoms with Crippen LogP contribution in [0, 0.1) is 0 Å². The lowest BCUT2D eigenvalue weighted by Gasteiger charge is -2.29. The zero-order valence-corrected chi connectivity index (χ0v) is 11.1. The van der Waals surface area contributed by atoms with E-state index in [1.165, 1.54) is 12.8 Å². The Bertz CT molecular complexity index is 104. The van der Waals surface area contributed by atoms with Gasteiger partial charge >= 0.3 is 0 Å². The molecule has 0 bridgehead atoms. The van der Waals surface area contributed by atoms with Crippen molar-refractivity contribution in [2.45, 2.75) is 59.6 Å². The van der Waals surface area contributed by atoms with E-state index in [9.17, 15) is 0 Å². The van der Waals surface area contributed by atoms with Crippen molar-refractivity contribution in [1.82, 2.24) is 4.90 Å². The van der Waals surface area contributed by atoms with Crippen LogP contribution in [0.15, 0.2) is 0 Å². The highest BCUT2D eigenvalue weighted by atomic mass is 16.5. The predicted octanol–water partition coefficient (Wildman–Crippen LogP) is 3.17. The van der Waals surface area contributed by atoms with Crippen molar-refractivity contribution in [3.8, 4) is 0 Å². The van der Waals surface area contributed by atoms with Crippen LogP contribution in [0.2, 0.25) is 0 Å². The van der Waals surface area contributed by atoms with Crippen molar-refractivity contribution < 1.29 is 4.74 Å². The highest BCUT2D eigenvalue weighted by Gasteiger charge is 2.18. The first-order valence-corrected chi connectivity index (χ1v) is 5.91. The quantitative estimate of drug-likeness (QED) is 0.657. The number of rotatable bonds is 6. The second-order valence-electron chi connectivity index (χ2n) is 3.48. The maximum atomic E-state index is 5.58. The highest BCUT2D eigenvalue weighted by molar-refractivity contribution is 4.72. The van der Waals surface area contributed by atoms with E-state index in [4.69, 9.17) is 4.74 Å². The molecule has 0 rings (SSSR count). The first-order chi connectivity index (χ1) is 6.63. The van der Waals surface area contributed by atoms with Gasteiger partial charge in [0, 0.05) is 12.6 Å². The smallest absolute Gasteiger partial charge is 0.0701 e. The van der Waals surface area contributed by atoms with E-state index in [1.54, 1.807) is 0 Å². The van der Waals surface area contributed by atoms with Crippen LogP contribution in [0.3, 0.4) is 0 Å². The predicted molar refractivity (Wildman–Crippen MR) is 64.8 cm³/mol. The summed E-state index contributed by atoms with van der Waals surface area (Å²) in [4.78, 5) is 2.25. The minimum absolute atomic E-state index is 0.352. The largest absolute Gasteiger partial charge is 0.377 e. The topological polar surface area (TPSA) is 12.5 Å². The van der Waals surface area contributed by atoms with Gasteiger partial charge in [0.2, 0.25) is 0 Å². The zero-order valence-electron chi connectivity index (χ0n) is 11.1. The maximum absolute atomic E-state index is 5.58. The molecular weight excluding hydrogens is 174 g/mol. The van der Waals surface area contributed by atoms with Gasteiger partial charge < -0.3 is 9.64 Å². The molecule has 14 heavy (non-hydrogen) atoms. The van der Waals surface area contributed by atoms with E-state index in [2.05, 4.69) is 39.8 Å². The lowest BCUT2D eigenvalue weighted by Crippen LogP contribution is -2.38. The van der Waals surface area contributed by atoms with Crippen LogP contribution < -0.4 is 0 Å². The van der Waals surface area contributed by atoms with Gasteiger partial charge in [-0.25, -0.2) is 0 Å². The molecule has 0 heterocycles. The Balaban J connectivity index is 0. The van der Waals surface area contributed by atoms with Crippen molar-refractivity contribution >= 4 is 0 Å². The van der Waals surface area contributed by atoms with Gasteiger partial charge in [-0.2, -0.15) is 0 Å². The van der Waals surface area contributed by atoms with Crippen LogP contribution >= 0.6 is 0 Å². The molecule has 2 heteroatoms. The van der Waals surface area contributed by atoms with E-state index in [0.717, 1.165) is 6.61 Å². The van der Waals surface area contributed by atoms with Gasteiger partial charge in [0.25, 0.3) is 0 Å². The maximum Gasteiger partial charge on any atom is 0.0701 e. The lowest BCUT2D eigenvalue weighted by atomic mass is 10.1. The summed E-state index contributed by atoms with van der Waals surface area (Å²) in [6.07, 6.45) is 2.79. The van der Waals surface area contributed by atoms with E-state index < -0.39 is 0 Å². The van der Waals surface area contributed by atoms with Crippen molar-refractivity contribution in [2.75, 3.05) is 20.7 Å². The fourth-order valence-electron chi connectivity index (χ4n) is 1.58. The number of nitrogens with zero attached hydrogens (tertiary/aromatic N) is 1. The van der Waals surface area contributed by atoms with Crippen LogP contribution in [-0.2, 0) is 4.74 Å². The standard InChI is InChI=1S/C10H23NO.C2H6/c1-6-8-10(11(4)5)9(3)12-7-2;1-2/h9-10H,6-8H2,1-5H3;1-2H3. The fraction of sp³-hybridized carbons (Fsp3) is 1.00. The van der Waals surface area contributed by atoms with Crippen LogP contribution in [-0.4, -0.2) is 37.7 Å². The molecule has 0 aliphatic carbocycles. The molecule has 0 saturated heterocycles. The molecule has 0 aliphatic heterocycles. The first kappa shape index (κ1) is 16.4. The summed E-state index contributed by atoms with van der Waals surface area (Å²) in [7, 11) is 4.24. The van der Waals surface area contributed by atoms with Crippen molar-refractivity contribution in [2.24, 2.45) is 0 Å². The Morgan fingerprint density at radius 2 is 1.64 bits per heavy atom. The van der Waals surface area contributed by atoms with Crippen LogP contribution in [0.25, 0.3) is 0 Å². The number of likely N-dealkylation sites (N-methyl/N-ethyl adjacent to an activating group) is 1. The molecule has 0 amide bonds. The third-order valence-corrected chi connectivity index (χ3v) is 2.22. The average Bonchev–Trinajstić information content (AvgIpc) is 2.17. The second-order valence-corrected chi connectivity index (χ2v) is 3.48. The molecule has 0 spiro atoms. The minimum Gasteiger partial charge on any atom is -0.377 e. The SMILES string of the molecule is CC.CCCC(C(C)OCC)N(C)C. The molecule has 0 aromatic rings. The minimum atomic E-state index is 0.352.